The number of hydrogen-bond donors (Lipinski definition) is 1. The lowest BCUT2D eigenvalue weighted by molar-refractivity contribution is -0.135. The Morgan fingerprint density at radius 2 is 2.05 bits per heavy atom. The van der Waals surface area contributed by atoms with Gasteiger partial charge in [0, 0.05) is 19.0 Å². The van der Waals surface area contributed by atoms with E-state index >= 15 is 0 Å². The molecule has 2 N–H and O–H groups in total. The molecule has 3 nitrogen and oxygen atoms in total. The number of hydrogen-bond acceptors (Lipinski definition) is 2. The first-order valence-electron chi connectivity index (χ1n) is 6.70. The largest absolute Gasteiger partial charge is 0.335 e. The number of nitrogens with two attached hydrogens (primary N) is 1. The zero-order valence-corrected chi connectivity index (χ0v) is 12.5. The quantitative estimate of drug-likeness (QED) is 0.926. The first kappa shape index (κ1) is 16.0. The second-order valence-corrected chi connectivity index (χ2v) is 5.24. The van der Waals surface area contributed by atoms with E-state index in [0.717, 1.165) is 19.4 Å². The summed E-state index contributed by atoms with van der Waals surface area (Å²) in [5, 5.41) is 0. The van der Waals surface area contributed by atoms with Crippen LogP contribution in [0.3, 0.4) is 0 Å². The van der Waals surface area contributed by atoms with Crippen LogP contribution in [0, 0.1) is 12.8 Å². The van der Waals surface area contributed by atoms with E-state index in [2.05, 4.69) is 31.2 Å². The molecule has 1 fully saturated rings. The van der Waals surface area contributed by atoms with Gasteiger partial charge in [-0.2, -0.15) is 0 Å². The zero-order chi connectivity index (χ0) is 13.1. The molecule has 2 unspecified atom stereocenters. The fourth-order valence-electron chi connectivity index (χ4n) is 2.55. The maximum atomic E-state index is 12.3. The predicted octanol–water partition coefficient (Wildman–Crippen LogP) is 2.68. The van der Waals surface area contributed by atoms with Gasteiger partial charge >= 0.3 is 0 Å². The second-order valence-electron chi connectivity index (χ2n) is 5.24. The van der Waals surface area contributed by atoms with E-state index in [-0.39, 0.29) is 30.3 Å². The summed E-state index contributed by atoms with van der Waals surface area (Å²) >= 11 is 0. The van der Waals surface area contributed by atoms with E-state index < -0.39 is 0 Å². The third kappa shape index (κ3) is 3.48. The topological polar surface area (TPSA) is 46.3 Å². The summed E-state index contributed by atoms with van der Waals surface area (Å²) in [7, 11) is 0. The van der Waals surface area contributed by atoms with Gasteiger partial charge in [0.15, 0.2) is 0 Å². The molecule has 1 saturated heterocycles. The van der Waals surface area contributed by atoms with Gasteiger partial charge in [-0.3, -0.25) is 4.79 Å². The van der Waals surface area contributed by atoms with Crippen LogP contribution in [-0.4, -0.2) is 23.9 Å². The molecule has 0 aromatic heterocycles. The third-order valence-corrected chi connectivity index (χ3v) is 3.77. The fourth-order valence-corrected chi connectivity index (χ4v) is 2.55. The minimum atomic E-state index is -0.0731. The van der Waals surface area contributed by atoms with Crippen LogP contribution in [0.15, 0.2) is 24.3 Å². The van der Waals surface area contributed by atoms with Crippen molar-refractivity contribution in [3.8, 4) is 0 Å². The Morgan fingerprint density at radius 3 is 2.63 bits per heavy atom. The van der Waals surface area contributed by atoms with Gasteiger partial charge in [0.1, 0.15) is 0 Å². The summed E-state index contributed by atoms with van der Waals surface area (Å²) in [6.45, 7) is 5.28. The Kier molecular flexibility index (Phi) is 5.83. The molecule has 2 rings (SSSR count). The van der Waals surface area contributed by atoms with Gasteiger partial charge in [0.2, 0.25) is 5.91 Å². The Balaban J connectivity index is 0.00000180. The first-order valence-corrected chi connectivity index (χ1v) is 6.70. The average molecular weight is 283 g/mol. The highest BCUT2D eigenvalue weighted by molar-refractivity contribution is 5.85. The van der Waals surface area contributed by atoms with Gasteiger partial charge in [-0.25, -0.2) is 0 Å². The Bertz CT molecular complexity index is 419. The Morgan fingerprint density at radius 1 is 1.42 bits per heavy atom. The van der Waals surface area contributed by atoms with Crippen LogP contribution >= 0.6 is 12.4 Å². The molecule has 0 bridgehead atoms. The fraction of sp³-hybridized carbons (Fsp3) is 0.533. The normalized spacial score (nSPS) is 19.9. The van der Waals surface area contributed by atoms with Gasteiger partial charge in [0.05, 0.1) is 6.04 Å². The molecule has 0 radical (unpaired) electrons. The van der Waals surface area contributed by atoms with Crippen LogP contribution in [0.1, 0.15) is 36.9 Å². The van der Waals surface area contributed by atoms with Crippen LogP contribution in [-0.2, 0) is 4.79 Å². The van der Waals surface area contributed by atoms with Crippen molar-refractivity contribution >= 4 is 18.3 Å². The van der Waals surface area contributed by atoms with Gasteiger partial charge < -0.3 is 10.6 Å². The van der Waals surface area contributed by atoms with Gasteiger partial charge in [-0.15, -0.1) is 12.4 Å². The second kappa shape index (κ2) is 6.92. The number of carbonyl (C=O) groups excluding carboxylic acids is 1. The van der Waals surface area contributed by atoms with Crippen molar-refractivity contribution in [1.29, 1.82) is 0 Å². The zero-order valence-electron chi connectivity index (χ0n) is 11.6. The standard InChI is InChI=1S/C15H22N2O.ClH/c1-11-5-7-13(8-6-11)14-4-3-9-17(14)15(18)12(2)10-16;/h5-8,12,14H,3-4,9-10,16H2,1-2H3;1H. The lowest BCUT2D eigenvalue weighted by atomic mass is 10.0. The van der Waals surface area contributed by atoms with E-state index in [0.29, 0.717) is 6.54 Å². The van der Waals surface area contributed by atoms with Gasteiger partial charge in [-0.1, -0.05) is 36.8 Å². The number of aryl methyl sites for hydroxylation is 1. The van der Waals surface area contributed by atoms with E-state index in [1.807, 2.05) is 11.8 Å². The number of rotatable bonds is 3. The van der Waals surface area contributed by atoms with Crippen molar-refractivity contribution in [2.45, 2.75) is 32.7 Å². The lowest BCUT2D eigenvalue weighted by Gasteiger charge is -2.27. The summed E-state index contributed by atoms with van der Waals surface area (Å²) in [6.07, 6.45) is 2.15. The minimum Gasteiger partial charge on any atom is -0.335 e. The van der Waals surface area contributed by atoms with Crippen molar-refractivity contribution in [1.82, 2.24) is 4.90 Å². The van der Waals surface area contributed by atoms with Gasteiger partial charge in [0.25, 0.3) is 0 Å². The highest BCUT2D eigenvalue weighted by atomic mass is 35.5. The smallest absolute Gasteiger partial charge is 0.227 e. The molecule has 1 amide bonds. The molecule has 1 aliphatic rings. The third-order valence-electron chi connectivity index (χ3n) is 3.77. The van der Waals surface area contributed by atoms with E-state index in [1.54, 1.807) is 0 Å². The molecule has 19 heavy (non-hydrogen) atoms. The number of amides is 1. The molecule has 4 heteroatoms. The van der Waals surface area contributed by atoms with Crippen molar-refractivity contribution in [2.75, 3.05) is 13.1 Å². The number of benzene rings is 1. The van der Waals surface area contributed by atoms with Gasteiger partial charge in [-0.05, 0) is 25.3 Å². The van der Waals surface area contributed by atoms with Crippen LogP contribution in [0.25, 0.3) is 0 Å². The number of likely N-dealkylation sites (tertiary alicyclic amines) is 1. The van der Waals surface area contributed by atoms with Crippen molar-refractivity contribution in [3.05, 3.63) is 35.4 Å². The molecule has 1 heterocycles. The van der Waals surface area contributed by atoms with Crippen LogP contribution in [0.5, 0.6) is 0 Å². The molecule has 1 aromatic rings. The van der Waals surface area contributed by atoms with Crippen molar-refractivity contribution < 1.29 is 4.79 Å². The van der Waals surface area contributed by atoms with Crippen molar-refractivity contribution in [3.63, 3.8) is 0 Å². The summed E-state index contributed by atoms with van der Waals surface area (Å²) < 4.78 is 0. The number of halogens is 1. The number of nitrogens with zero attached hydrogens (tertiary/aromatic N) is 1. The minimum absolute atomic E-state index is 0. The molecule has 2 atom stereocenters. The summed E-state index contributed by atoms with van der Waals surface area (Å²) in [5.41, 5.74) is 8.10. The molecular formula is C15H23ClN2O. The van der Waals surface area contributed by atoms with E-state index in [4.69, 9.17) is 5.73 Å². The number of carbonyl (C=O) groups is 1. The molecule has 1 aliphatic heterocycles. The molecule has 1 aromatic carbocycles. The summed E-state index contributed by atoms with van der Waals surface area (Å²) in [6, 6.07) is 8.75. The molecule has 0 spiro atoms. The highest BCUT2D eigenvalue weighted by Gasteiger charge is 2.31. The SMILES string of the molecule is Cc1ccc(C2CCCN2C(=O)C(C)CN)cc1.Cl. The van der Waals surface area contributed by atoms with E-state index in [9.17, 15) is 4.79 Å². The summed E-state index contributed by atoms with van der Waals surface area (Å²) in [5.74, 6) is 0.122. The molecular weight excluding hydrogens is 260 g/mol. The Labute approximate surface area is 121 Å². The van der Waals surface area contributed by atoms with Crippen molar-refractivity contribution in [2.24, 2.45) is 11.7 Å². The maximum Gasteiger partial charge on any atom is 0.227 e. The van der Waals surface area contributed by atoms with Crippen LogP contribution in [0.4, 0.5) is 0 Å². The highest BCUT2D eigenvalue weighted by Crippen LogP contribution is 2.32. The van der Waals surface area contributed by atoms with Crippen LogP contribution < -0.4 is 5.73 Å². The molecule has 0 aliphatic carbocycles. The molecule has 0 saturated carbocycles. The Hall–Kier alpha value is -1.06. The first-order chi connectivity index (χ1) is 8.63. The summed E-state index contributed by atoms with van der Waals surface area (Å²) in [4.78, 5) is 14.3. The van der Waals surface area contributed by atoms with E-state index in [1.165, 1.54) is 11.1 Å². The monoisotopic (exact) mass is 282 g/mol. The maximum absolute atomic E-state index is 12.3. The average Bonchev–Trinajstić information content (AvgIpc) is 2.87. The molecule has 106 valence electrons. The van der Waals surface area contributed by atoms with Crippen LogP contribution in [0.2, 0.25) is 0 Å². The lowest BCUT2D eigenvalue weighted by Crippen LogP contribution is -2.37. The predicted molar refractivity (Wildman–Crippen MR) is 80.3 cm³/mol.